The van der Waals surface area contributed by atoms with Crippen molar-refractivity contribution in [3.63, 3.8) is 0 Å². The molecule has 2 heterocycles. The zero-order valence-electron chi connectivity index (χ0n) is 17.8. The lowest BCUT2D eigenvalue weighted by Crippen LogP contribution is -2.26. The molecule has 0 amide bonds. The Bertz CT molecular complexity index is 1340. The van der Waals surface area contributed by atoms with Crippen molar-refractivity contribution in [2.75, 3.05) is 28.6 Å². The molecule has 0 aliphatic carbocycles. The van der Waals surface area contributed by atoms with Crippen LogP contribution < -0.4 is 26.2 Å². The van der Waals surface area contributed by atoms with Gasteiger partial charge in [0.05, 0.1) is 28.7 Å². The number of hydrogen-bond acceptors (Lipinski definition) is 9. The number of benzene rings is 3. The lowest BCUT2D eigenvalue weighted by Gasteiger charge is -2.26. The second kappa shape index (κ2) is 9.01. The molecule has 2 aromatic heterocycles. The Morgan fingerprint density at radius 3 is 2.21 bits per heavy atom. The Balaban J connectivity index is 1.45. The highest BCUT2D eigenvalue weighted by Gasteiger charge is 2.15. The van der Waals surface area contributed by atoms with Crippen molar-refractivity contribution >= 4 is 55.4 Å². The molecule has 5 rings (SSSR count). The molecule has 9 heteroatoms. The van der Waals surface area contributed by atoms with Crippen molar-refractivity contribution in [3.05, 3.63) is 85.2 Å². The zero-order chi connectivity index (χ0) is 22.6. The second-order valence-electron chi connectivity index (χ2n) is 7.08. The number of fused-ring (bicyclic) bond motifs is 1. The Morgan fingerprint density at radius 1 is 0.879 bits per heavy atom. The molecule has 0 radical (unpaired) electrons. The number of nitrogen functional groups attached to an aromatic ring is 1. The minimum Gasteiger partial charge on any atom is -0.497 e. The van der Waals surface area contributed by atoms with E-state index in [2.05, 4.69) is 25.7 Å². The van der Waals surface area contributed by atoms with E-state index in [4.69, 9.17) is 10.5 Å². The van der Waals surface area contributed by atoms with Gasteiger partial charge < -0.3 is 15.8 Å². The van der Waals surface area contributed by atoms with Gasteiger partial charge in [0, 0.05) is 0 Å². The molecule has 0 atom stereocenters. The molecule has 3 aromatic carbocycles. The lowest BCUT2D eigenvalue weighted by molar-refractivity contribution is 0.415. The number of nitrogens with zero attached hydrogens (tertiary/aromatic N) is 4. The summed E-state index contributed by atoms with van der Waals surface area (Å²) in [5.74, 6) is 1.73. The van der Waals surface area contributed by atoms with Gasteiger partial charge in [-0.05, 0) is 42.5 Å². The maximum Gasteiger partial charge on any atom is 0.189 e. The van der Waals surface area contributed by atoms with Crippen LogP contribution in [0.15, 0.2) is 85.2 Å². The van der Waals surface area contributed by atoms with E-state index >= 15 is 0 Å². The largest absolute Gasteiger partial charge is 0.497 e. The van der Waals surface area contributed by atoms with Gasteiger partial charge >= 0.3 is 0 Å². The van der Waals surface area contributed by atoms with Gasteiger partial charge in [-0.1, -0.05) is 47.7 Å². The number of nitrogens with one attached hydrogen (secondary N) is 2. The van der Waals surface area contributed by atoms with Gasteiger partial charge in [-0.25, -0.2) is 15.0 Å². The van der Waals surface area contributed by atoms with Crippen LogP contribution in [0.25, 0.3) is 10.2 Å². The standard InChI is InChI=1S/C24H21N7OS/c1-32-18-12-13-19-20(14-18)33-24(28-19)29-22-21(25)23(27-15-26-22)30-31(16-8-4-2-5-9-16)17-10-6-3-7-11-17/h2-15H,25H2,1H3,(H2,26,27,28,29,30). The summed E-state index contributed by atoms with van der Waals surface area (Å²) in [5, 5.41) is 5.83. The first-order chi connectivity index (χ1) is 16.2. The number of aromatic nitrogens is 3. The number of ether oxygens (including phenoxy) is 1. The smallest absolute Gasteiger partial charge is 0.189 e. The van der Waals surface area contributed by atoms with Gasteiger partial charge in [0.15, 0.2) is 16.8 Å². The summed E-state index contributed by atoms with van der Waals surface area (Å²) in [5.41, 5.74) is 12.9. The van der Waals surface area contributed by atoms with E-state index in [1.54, 1.807) is 7.11 Å². The van der Waals surface area contributed by atoms with Crippen LogP contribution in [0.3, 0.4) is 0 Å². The minimum atomic E-state index is 0.381. The third kappa shape index (κ3) is 4.35. The van der Waals surface area contributed by atoms with Gasteiger partial charge in [0.2, 0.25) is 0 Å². The zero-order valence-corrected chi connectivity index (χ0v) is 18.6. The molecule has 0 aliphatic heterocycles. The molecular formula is C24H21N7OS. The Labute approximate surface area is 194 Å². The highest BCUT2D eigenvalue weighted by molar-refractivity contribution is 7.22. The first kappa shape index (κ1) is 20.5. The summed E-state index contributed by atoms with van der Waals surface area (Å²) < 4.78 is 6.30. The van der Waals surface area contributed by atoms with E-state index < -0.39 is 0 Å². The van der Waals surface area contributed by atoms with E-state index in [9.17, 15) is 0 Å². The molecule has 0 spiro atoms. The SMILES string of the molecule is COc1ccc2nc(Nc3ncnc(NN(c4ccccc4)c4ccccc4)c3N)sc2c1. The fourth-order valence-electron chi connectivity index (χ4n) is 3.31. The van der Waals surface area contributed by atoms with Crippen LogP contribution in [-0.2, 0) is 0 Å². The summed E-state index contributed by atoms with van der Waals surface area (Å²) in [7, 11) is 1.64. The van der Waals surface area contributed by atoms with Gasteiger partial charge in [0.1, 0.15) is 17.8 Å². The number of thiazole rings is 1. The van der Waals surface area contributed by atoms with Crippen LogP contribution in [0.2, 0.25) is 0 Å². The summed E-state index contributed by atoms with van der Waals surface area (Å²) in [6.45, 7) is 0. The number of methoxy groups -OCH3 is 1. The van der Waals surface area contributed by atoms with Gasteiger partial charge in [-0.2, -0.15) is 0 Å². The number of hydrazine groups is 1. The van der Waals surface area contributed by atoms with E-state index in [1.807, 2.05) is 83.9 Å². The van der Waals surface area contributed by atoms with Gasteiger partial charge in [-0.3, -0.25) is 10.4 Å². The van der Waals surface area contributed by atoms with Crippen LogP contribution in [0, 0.1) is 0 Å². The van der Waals surface area contributed by atoms with Crippen molar-refractivity contribution in [3.8, 4) is 5.75 Å². The number of nitrogens with two attached hydrogens (primary N) is 1. The third-order valence-corrected chi connectivity index (χ3v) is 5.88. The summed E-state index contributed by atoms with van der Waals surface area (Å²) in [6.07, 6.45) is 1.46. The molecule has 4 N–H and O–H groups in total. The molecule has 0 saturated carbocycles. The van der Waals surface area contributed by atoms with E-state index in [0.29, 0.717) is 22.5 Å². The predicted octanol–water partition coefficient (Wildman–Crippen LogP) is 5.59. The first-order valence-corrected chi connectivity index (χ1v) is 11.0. The maximum atomic E-state index is 6.46. The molecule has 8 nitrogen and oxygen atoms in total. The Kier molecular flexibility index (Phi) is 5.61. The van der Waals surface area contributed by atoms with Crippen molar-refractivity contribution in [2.45, 2.75) is 0 Å². The molecule has 0 saturated heterocycles. The molecule has 0 aliphatic rings. The lowest BCUT2D eigenvalue weighted by atomic mass is 10.2. The fourth-order valence-corrected chi connectivity index (χ4v) is 4.20. The Hall–Kier alpha value is -4.37. The van der Waals surface area contributed by atoms with Crippen LogP contribution in [0.1, 0.15) is 0 Å². The fraction of sp³-hybridized carbons (Fsp3) is 0.0417. The second-order valence-corrected chi connectivity index (χ2v) is 8.11. The quantitative estimate of drug-likeness (QED) is 0.273. The van der Waals surface area contributed by atoms with E-state index in [1.165, 1.54) is 17.7 Å². The van der Waals surface area contributed by atoms with Gasteiger partial charge in [0.25, 0.3) is 0 Å². The first-order valence-electron chi connectivity index (χ1n) is 10.2. The van der Waals surface area contributed by atoms with Gasteiger partial charge in [-0.15, -0.1) is 0 Å². The number of hydrogen-bond donors (Lipinski definition) is 3. The maximum absolute atomic E-state index is 6.46. The average Bonchev–Trinajstić information content (AvgIpc) is 3.27. The molecule has 33 heavy (non-hydrogen) atoms. The molecule has 0 unspecified atom stereocenters. The normalized spacial score (nSPS) is 10.7. The Morgan fingerprint density at radius 2 is 1.55 bits per heavy atom. The summed E-state index contributed by atoms with van der Waals surface area (Å²) in [6, 6.07) is 25.6. The van der Waals surface area contributed by atoms with Crippen molar-refractivity contribution < 1.29 is 4.74 Å². The van der Waals surface area contributed by atoms with Crippen LogP contribution in [0.5, 0.6) is 5.75 Å². The topological polar surface area (TPSA) is 101 Å². The minimum absolute atomic E-state index is 0.381. The van der Waals surface area contributed by atoms with Crippen molar-refractivity contribution in [1.82, 2.24) is 15.0 Å². The number of anilines is 6. The molecule has 164 valence electrons. The van der Waals surface area contributed by atoms with Crippen LogP contribution >= 0.6 is 11.3 Å². The molecule has 0 fully saturated rings. The van der Waals surface area contributed by atoms with Crippen molar-refractivity contribution in [1.29, 1.82) is 0 Å². The van der Waals surface area contributed by atoms with E-state index in [-0.39, 0.29) is 0 Å². The molecule has 0 bridgehead atoms. The highest BCUT2D eigenvalue weighted by Crippen LogP contribution is 2.34. The number of para-hydroxylation sites is 2. The summed E-state index contributed by atoms with van der Waals surface area (Å²) in [4.78, 5) is 13.3. The van der Waals surface area contributed by atoms with E-state index in [0.717, 1.165) is 27.3 Å². The summed E-state index contributed by atoms with van der Waals surface area (Å²) >= 11 is 1.49. The molecular weight excluding hydrogens is 434 g/mol. The number of rotatable bonds is 7. The molecule has 5 aromatic rings. The third-order valence-electron chi connectivity index (χ3n) is 4.95. The monoisotopic (exact) mass is 455 g/mol. The average molecular weight is 456 g/mol. The van der Waals surface area contributed by atoms with Crippen LogP contribution in [-0.4, -0.2) is 22.1 Å². The van der Waals surface area contributed by atoms with Crippen LogP contribution in [0.4, 0.5) is 33.8 Å². The van der Waals surface area contributed by atoms with Crippen molar-refractivity contribution in [2.24, 2.45) is 0 Å². The highest BCUT2D eigenvalue weighted by atomic mass is 32.1. The predicted molar refractivity (Wildman–Crippen MR) is 135 cm³/mol.